The molecule has 2 amide bonds. The van der Waals surface area contributed by atoms with Crippen molar-refractivity contribution in [1.29, 1.82) is 0 Å². The number of amides is 2. The van der Waals surface area contributed by atoms with E-state index in [2.05, 4.69) is 0 Å². The van der Waals surface area contributed by atoms with Gasteiger partial charge in [0.05, 0.1) is 19.0 Å². The van der Waals surface area contributed by atoms with Crippen molar-refractivity contribution in [3.05, 3.63) is 0 Å². The minimum atomic E-state index is -0.732. The molecule has 0 aromatic rings. The number of nitrogens with zero attached hydrogens (tertiary/aromatic N) is 2. The molecule has 5 nitrogen and oxygen atoms in total. The van der Waals surface area contributed by atoms with Gasteiger partial charge in [0.2, 0.25) is 11.8 Å². The zero-order chi connectivity index (χ0) is 12.8. The fourth-order valence-electron chi connectivity index (χ4n) is 2.42. The van der Waals surface area contributed by atoms with E-state index in [1.165, 1.54) is 0 Å². The van der Waals surface area contributed by atoms with E-state index in [1.807, 2.05) is 13.8 Å². The van der Waals surface area contributed by atoms with Gasteiger partial charge in [-0.05, 0) is 5.92 Å². The average Bonchev–Trinajstić information content (AvgIpc) is 2.53. The van der Waals surface area contributed by atoms with Crippen molar-refractivity contribution in [1.82, 2.24) is 9.80 Å². The van der Waals surface area contributed by atoms with Crippen LogP contribution in [0.2, 0.25) is 0 Å². The van der Waals surface area contributed by atoms with E-state index in [0.29, 0.717) is 26.1 Å². The number of carbonyl (C=O) groups excluding carboxylic acids is 2. The summed E-state index contributed by atoms with van der Waals surface area (Å²) >= 11 is 0. The molecular formula is C12H20N2O3. The van der Waals surface area contributed by atoms with E-state index in [-0.39, 0.29) is 23.7 Å². The molecule has 2 heterocycles. The van der Waals surface area contributed by atoms with Gasteiger partial charge in [0.15, 0.2) is 0 Å². The third-order valence-corrected chi connectivity index (χ3v) is 4.01. The maximum atomic E-state index is 12.1. The van der Waals surface area contributed by atoms with Crippen LogP contribution >= 0.6 is 0 Å². The maximum Gasteiger partial charge on any atom is 0.228 e. The van der Waals surface area contributed by atoms with Gasteiger partial charge in [-0.25, -0.2) is 0 Å². The number of hydrogen-bond donors (Lipinski definition) is 1. The monoisotopic (exact) mass is 240 g/mol. The predicted octanol–water partition coefficient (Wildman–Crippen LogP) is -0.306. The number of rotatable bonds is 2. The molecule has 1 N–H and O–H groups in total. The number of aliphatic hydroxyl groups is 1. The highest BCUT2D eigenvalue weighted by atomic mass is 16.3. The van der Waals surface area contributed by atoms with Crippen molar-refractivity contribution in [2.24, 2.45) is 11.8 Å². The molecule has 2 aliphatic rings. The quantitative estimate of drug-likeness (QED) is 0.720. The molecule has 1 unspecified atom stereocenters. The fourth-order valence-corrected chi connectivity index (χ4v) is 2.42. The number of hydrogen-bond acceptors (Lipinski definition) is 3. The van der Waals surface area contributed by atoms with Crippen LogP contribution in [0.25, 0.3) is 0 Å². The molecule has 2 aliphatic heterocycles. The predicted molar refractivity (Wildman–Crippen MR) is 62.1 cm³/mol. The molecule has 0 bridgehead atoms. The highest BCUT2D eigenvalue weighted by molar-refractivity contribution is 5.89. The van der Waals surface area contributed by atoms with Crippen molar-refractivity contribution in [3.8, 4) is 0 Å². The Balaban J connectivity index is 1.90. The summed E-state index contributed by atoms with van der Waals surface area (Å²) < 4.78 is 0. The van der Waals surface area contributed by atoms with Crippen LogP contribution in [-0.4, -0.2) is 59.0 Å². The smallest absolute Gasteiger partial charge is 0.228 e. The summed E-state index contributed by atoms with van der Waals surface area (Å²) in [5.74, 6) is -0.0281. The molecule has 0 aromatic heterocycles. The van der Waals surface area contributed by atoms with E-state index in [4.69, 9.17) is 0 Å². The van der Waals surface area contributed by atoms with Crippen LogP contribution in [0, 0.1) is 11.8 Å². The van der Waals surface area contributed by atoms with Crippen molar-refractivity contribution >= 4 is 11.8 Å². The first-order valence-corrected chi connectivity index (χ1v) is 6.08. The van der Waals surface area contributed by atoms with E-state index < -0.39 is 5.60 Å². The standard InChI is InChI=1S/C12H20N2O3/c1-8(2)12(17)6-14(7-12)11(16)9-4-10(15)13(3)5-9/h8-9,17H,4-7H2,1-3H3. The Morgan fingerprint density at radius 1 is 1.47 bits per heavy atom. The summed E-state index contributed by atoms with van der Waals surface area (Å²) in [6.07, 6.45) is 0.311. The normalized spacial score (nSPS) is 27.6. The summed E-state index contributed by atoms with van der Waals surface area (Å²) in [4.78, 5) is 26.7. The summed E-state index contributed by atoms with van der Waals surface area (Å²) in [7, 11) is 1.72. The van der Waals surface area contributed by atoms with E-state index in [1.54, 1.807) is 16.8 Å². The molecule has 1 atom stereocenters. The number of likely N-dealkylation sites (tertiary alicyclic amines) is 2. The largest absolute Gasteiger partial charge is 0.386 e. The minimum absolute atomic E-state index is 0.00743. The molecule has 0 saturated carbocycles. The Kier molecular flexibility index (Phi) is 2.89. The second-order valence-electron chi connectivity index (χ2n) is 5.63. The van der Waals surface area contributed by atoms with Crippen molar-refractivity contribution < 1.29 is 14.7 Å². The van der Waals surface area contributed by atoms with Gasteiger partial charge >= 0.3 is 0 Å². The molecule has 2 saturated heterocycles. The van der Waals surface area contributed by atoms with Gasteiger partial charge in [-0.2, -0.15) is 0 Å². The van der Waals surface area contributed by atoms with Crippen LogP contribution in [0.15, 0.2) is 0 Å². The maximum absolute atomic E-state index is 12.1. The third-order valence-electron chi connectivity index (χ3n) is 4.01. The highest BCUT2D eigenvalue weighted by Crippen LogP contribution is 2.31. The van der Waals surface area contributed by atoms with Crippen molar-refractivity contribution in [2.45, 2.75) is 25.9 Å². The zero-order valence-corrected chi connectivity index (χ0v) is 10.6. The first-order chi connectivity index (χ1) is 7.83. The van der Waals surface area contributed by atoms with Crippen LogP contribution in [-0.2, 0) is 9.59 Å². The van der Waals surface area contributed by atoms with Gasteiger partial charge in [-0.3, -0.25) is 9.59 Å². The summed E-state index contributed by atoms with van der Waals surface area (Å²) in [5.41, 5.74) is -0.732. The molecule has 0 aromatic carbocycles. The minimum Gasteiger partial charge on any atom is -0.386 e. The molecule has 17 heavy (non-hydrogen) atoms. The molecule has 2 fully saturated rings. The lowest BCUT2D eigenvalue weighted by molar-refractivity contribution is -0.167. The van der Waals surface area contributed by atoms with E-state index >= 15 is 0 Å². The van der Waals surface area contributed by atoms with Crippen LogP contribution in [0.5, 0.6) is 0 Å². The van der Waals surface area contributed by atoms with Gasteiger partial charge in [0.1, 0.15) is 5.60 Å². The highest BCUT2D eigenvalue weighted by Gasteiger charge is 2.48. The van der Waals surface area contributed by atoms with Gasteiger partial charge in [0, 0.05) is 20.0 Å². The first-order valence-electron chi connectivity index (χ1n) is 6.08. The lowest BCUT2D eigenvalue weighted by atomic mass is 9.82. The van der Waals surface area contributed by atoms with E-state index in [9.17, 15) is 14.7 Å². The fraction of sp³-hybridized carbons (Fsp3) is 0.833. The molecule has 0 radical (unpaired) electrons. The molecule has 96 valence electrons. The molecular weight excluding hydrogens is 220 g/mol. The number of carbonyl (C=O) groups is 2. The van der Waals surface area contributed by atoms with Gasteiger partial charge in [-0.15, -0.1) is 0 Å². The third kappa shape index (κ3) is 2.04. The van der Waals surface area contributed by atoms with Crippen molar-refractivity contribution in [2.75, 3.05) is 26.7 Å². The van der Waals surface area contributed by atoms with Crippen LogP contribution < -0.4 is 0 Å². The first kappa shape index (κ1) is 12.4. The van der Waals surface area contributed by atoms with E-state index in [0.717, 1.165) is 0 Å². The van der Waals surface area contributed by atoms with Crippen LogP contribution in [0.1, 0.15) is 20.3 Å². The summed E-state index contributed by atoms with van der Waals surface area (Å²) in [5, 5.41) is 10.1. The lowest BCUT2D eigenvalue weighted by Gasteiger charge is -2.49. The van der Waals surface area contributed by atoms with Gasteiger partial charge in [-0.1, -0.05) is 13.8 Å². The Hall–Kier alpha value is -1.10. The van der Waals surface area contributed by atoms with Crippen LogP contribution in [0.4, 0.5) is 0 Å². The Bertz CT molecular complexity index is 348. The lowest BCUT2D eigenvalue weighted by Crippen LogP contribution is -2.66. The summed E-state index contributed by atoms with van der Waals surface area (Å²) in [6, 6.07) is 0. The van der Waals surface area contributed by atoms with Gasteiger partial charge in [0.25, 0.3) is 0 Å². The van der Waals surface area contributed by atoms with Crippen molar-refractivity contribution in [3.63, 3.8) is 0 Å². The van der Waals surface area contributed by atoms with Crippen LogP contribution in [0.3, 0.4) is 0 Å². The molecule has 2 rings (SSSR count). The topological polar surface area (TPSA) is 60.9 Å². The number of β-amino-alcohol motifs (C(OH)–C–C–N with tert-alkyl or cyclic N) is 1. The second kappa shape index (κ2) is 3.98. The summed E-state index contributed by atoms with van der Waals surface area (Å²) in [6.45, 7) is 5.22. The second-order valence-corrected chi connectivity index (χ2v) is 5.63. The van der Waals surface area contributed by atoms with Gasteiger partial charge < -0.3 is 14.9 Å². The molecule has 0 aliphatic carbocycles. The Morgan fingerprint density at radius 2 is 2.06 bits per heavy atom. The molecule has 0 spiro atoms. The Labute approximate surface area is 101 Å². The SMILES string of the molecule is CC(C)C1(O)CN(C(=O)C2CC(=O)N(C)C2)C1. The zero-order valence-electron chi connectivity index (χ0n) is 10.6. The average molecular weight is 240 g/mol. The molecule has 5 heteroatoms. The Morgan fingerprint density at radius 3 is 2.47 bits per heavy atom.